The van der Waals surface area contributed by atoms with Gasteiger partial charge in [-0.05, 0) is 47.0 Å². The molecule has 1 aliphatic rings. The van der Waals surface area contributed by atoms with E-state index in [1.54, 1.807) is 0 Å². The molecule has 0 aliphatic carbocycles. The first-order valence-electron chi connectivity index (χ1n) is 5.93. The molecule has 14 heteroatoms. The summed E-state index contributed by atoms with van der Waals surface area (Å²) in [5, 5.41) is 3.63. The third-order valence-corrected chi connectivity index (χ3v) is 3.04. The maximum Gasteiger partial charge on any atom is 1.00 e. The zero-order valence-corrected chi connectivity index (χ0v) is 18.4. The van der Waals surface area contributed by atoms with Crippen molar-refractivity contribution >= 4 is 20.8 Å². The molecular weight excluding hydrogens is 383 g/mol. The van der Waals surface area contributed by atoms with Gasteiger partial charge in [-0.25, -0.2) is 8.42 Å². The molecule has 0 aromatic rings. The van der Waals surface area contributed by atoms with Crippen LogP contribution in [0.25, 0.3) is 0 Å². The van der Waals surface area contributed by atoms with E-state index in [2.05, 4.69) is 47.3 Å². The van der Waals surface area contributed by atoms with Crippen LogP contribution >= 0.6 is 0 Å². The predicted octanol–water partition coefficient (Wildman–Crippen LogP) is -2.15. The molecule has 1 aliphatic heterocycles. The minimum absolute atomic E-state index is 0. The van der Waals surface area contributed by atoms with Gasteiger partial charge in [0.2, 0.25) is 10.4 Å². The molecular formula is C9H21KN2O9S2. The smallest absolute Gasteiger partial charge is 0.724 e. The van der Waals surface area contributed by atoms with Gasteiger partial charge in [-0.1, -0.05) is 14.3 Å². The molecule has 0 spiro atoms. The normalized spacial score (nSPS) is 19.0. The van der Waals surface area contributed by atoms with Crippen LogP contribution in [0.1, 0.15) is 47.0 Å². The van der Waals surface area contributed by atoms with Crippen LogP contribution in [-0.4, -0.2) is 37.0 Å². The Bertz CT molecular complexity index is 487. The van der Waals surface area contributed by atoms with Crippen LogP contribution in [0.15, 0.2) is 0 Å². The minimum Gasteiger partial charge on any atom is -0.724 e. The van der Waals surface area contributed by atoms with Crippen LogP contribution in [0.5, 0.6) is 0 Å². The minimum atomic E-state index is -5.27. The number of hydrogen-bond acceptors (Lipinski definition) is 10. The summed E-state index contributed by atoms with van der Waals surface area (Å²) in [5.74, 6) is 0. The zero-order chi connectivity index (χ0) is 18.2. The summed E-state index contributed by atoms with van der Waals surface area (Å²) in [6.45, 7) is 9.14. The SMILES string of the molecule is CC1(C)CCCC(C)(C)N1.N=O.O=S(=O)([O-])OOS(=O)(=O)O.[K+]. The summed E-state index contributed by atoms with van der Waals surface area (Å²) in [6.07, 6.45) is 4.00. The van der Waals surface area contributed by atoms with Crippen molar-refractivity contribution in [2.24, 2.45) is 0 Å². The number of piperidine rings is 1. The Labute approximate surface area is 178 Å². The fraction of sp³-hybridized carbons (Fsp3) is 1.00. The molecule has 11 nitrogen and oxygen atoms in total. The number of nitroso groups, excluding NO2 is 1. The monoisotopic (exact) mass is 404 g/mol. The Kier molecular flexibility index (Phi) is 14.4. The molecule has 1 heterocycles. The average molecular weight is 405 g/mol. The number of rotatable bonds is 3. The number of nitrogens with one attached hydrogen (secondary N) is 2. The van der Waals surface area contributed by atoms with Crippen molar-refractivity contribution in [1.29, 1.82) is 5.59 Å². The molecule has 134 valence electrons. The topological polar surface area (TPSA) is 183 Å². The van der Waals surface area contributed by atoms with E-state index < -0.39 is 20.8 Å². The van der Waals surface area contributed by atoms with Crippen molar-refractivity contribution in [2.75, 3.05) is 0 Å². The second kappa shape index (κ2) is 11.5. The second-order valence-corrected chi connectivity index (χ2v) is 7.66. The van der Waals surface area contributed by atoms with Crippen LogP contribution in [-0.2, 0) is 29.5 Å². The van der Waals surface area contributed by atoms with Crippen LogP contribution in [0.3, 0.4) is 0 Å². The molecule has 0 atom stereocenters. The maximum absolute atomic E-state index is 9.48. The molecule has 3 N–H and O–H groups in total. The van der Waals surface area contributed by atoms with Gasteiger partial charge in [-0.2, -0.15) is 13.3 Å². The largest absolute Gasteiger partial charge is 1.00 e. The van der Waals surface area contributed by atoms with Gasteiger partial charge in [0.05, 0.1) is 0 Å². The molecule has 1 fully saturated rings. The van der Waals surface area contributed by atoms with E-state index in [1.807, 2.05) is 0 Å². The van der Waals surface area contributed by atoms with Gasteiger partial charge in [-0.3, -0.25) is 4.55 Å². The molecule has 0 unspecified atom stereocenters. The summed E-state index contributed by atoms with van der Waals surface area (Å²) in [7, 11) is -10.3. The maximum atomic E-state index is 9.48. The van der Waals surface area contributed by atoms with E-state index >= 15 is 0 Å². The Morgan fingerprint density at radius 1 is 1.00 bits per heavy atom. The fourth-order valence-corrected chi connectivity index (χ4v) is 2.64. The first-order valence-corrected chi connectivity index (χ1v) is 8.63. The van der Waals surface area contributed by atoms with Gasteiger partial charge in [0, 0.05) is 11.1 Å². The van der Waals surface area contributed by atoms with Crippen LogP contribution < -0.4 is 56.7 Å². The standard InChI is InChI=1S/C9H19N.K.HNO.H2O8S2/c1-8(2)6-5-7-9(3,4)10-8;;1-2;1-9(2,3)7-8-10(4,5)6/h10H,5-7H2,1-4H3;;1H;(H,1,2,3)(H,4,5,6)/q;+1;;/p-1. The number of hydrogen-bond donors (Lipinski definition) is 3. The molecule has 0 aromatic heterocycles. The summed E-state index contributed by atoms with van der Waals surface area (Å²) in [6, 6.07) is 0. The van der Waals surface area contributed by atoms with Gasteiger partial charge in [0.15, 0.2) is 0 Å². The first kappa shape index (κ1) is 28.7. The van der Waals surface area contributed by atoms with Crippen LogP contribution in [0.2, 0.25) is 0 Å². The molecule has 0 radical (unpaired) electrons. The van der Waals surface area contributed by atoms with Crippen molar-refractivity contribution < 1.29 is 86.0 Å². The van der Waals surface area contributed by atoms with Gasteiger partial charge in [0.25, 0.3) is 0 Å². The zero-order valence-electron chi connectivity index (χ0n) is 13.7. The summed E-state index contributed by atoms with van der Waals surface area (Å²) in [4.78, 5) is 7.50. The summed E-state index contributed by atoms with van der Waals surface area (Å²) < 4.78 is 60.2. The van der Waals surface area contributed by atoms with Crippen molar-refractivity contribution in [3.05, 3.63) is 4.91 Å². The fourth-order valence-electron chi connectivity index (χ4n) is 2.08. The molecule has 1 saturated heterocycles. The molecule has 0 saturated carbocycles. The van der Waals surface area contributed by atoms with E-state index in [0.29, 0.717) is 11.1 Å². The molecule has 1 rings (SSSR count). The van der Waals surface area contributed by atoms with Crippen molar-refractivity contribution in [3.63, 3.8) is 0 Å². The average Bonchev–Trinajstić information content (AvgIpc) is 2.25. The molecule has 0 aromatic carbocycles. The van der Waals surface area contributed by atoms with Crippen molar-refractivity contribution in [3.8, 4) is 0 Å². The first-order chi connectivity index (χ1) is 9.62. The second-order valence-electron chi connectivity index (χ2n) is 5.72. The predicted molar refractivity (Wildman–Crippen MR) is 74.6 cm³/mol. The van der Waals surface area contributed by atoms with Gasteiger partial charge >= 0.3 is 61.8 Å². The third-order valence-electron chi connectivity index (χ3n) is 2.48. The van der Waals surface area contributed by atoms with E-state index in [-0.39, 0.29) is 51.4 Å². The summed E-state index contributed by atoms with van der Waals surface area (Å²) >= 11 is 0. The molecule has 23 heavy (non-hydrogen) atoms. The Hall–Kier alpha value is 0.936. The summed E-state index contributed by atoms with van der Waals surface area (Å²) in [5.41, 5.74) is 5.23. The van der Waals surface area contributed by atoms with Crippen LogP contribution in [0, 0.1) is 10.5 Å². The van der Waals surface area contributed by atoms with E-state index in [1.165, 1.54) is 19.3 Å². The third kappa shape index (κ3) is 20.9. The van der Waals surface area contributed by atoms with Crippen molar-refractivity contribution in [1.82, 2.24) is 5.32 Å². The van der Waals surface area contributed by atoms with E-state index in [4.69, 9.17) is 9.46 Å². The van der Waals surface area contributed by atoms with Gasteiger partial charge in [-0.15, -0.1) is 0 Å². The Morgan fingerprint density at radius 3 is 1.48 bits per heavy atom. The quantitative estimate of drug-likeness (QED) is 0.117. The van der Waals surface area contributed by atoms with Crippen molar-refractivity contribution in [2.45, 2.75) is 58.0 Å². The van der Waals surface area contributed by atoms with E-state index in [9.17, 15) is 21.4 Å². The Morgan fingerprint density at radius 2 is 1.35 bits per heavy atom. The van der Waals surface area contributed by atoms with Crippen LogP contribution in [0.4, 0.5) is 0 Å². The molecule has 0 bridgehead atoms. The van der Waals surface area contributed by atoms with Gasteiger partial charge < -0.3 is 9.87 Å². The van der Waals surface area contributed by atoms with Gasteiger partial charge in [0.1, 0.15) is 0 Å². The van der Waals surface area contributed by atoms with E-state index in [0.717, 1.165) is 0 Å². The Balaban J connectivity index is -0.000000302. The molecule has 0 amide bonds.